The van der Waals surface area contributed by atoms with E-state index in [1.165, 1.54) is 39.9 Å². The number of anilines is 1. The van der Waals surface area contributed by atoms with Crippen LogP contribution in [0.2, 0.25) is 0 Å². The highest BCUT2D eigenvalue weighted by Crippen LogP contribution is 2.40. The van der Waals surface area contributed by atoms with Gasteiger partial charge in [0.2, 0.25) is 0 Å². The highest BCUT2D eigenvalue weighted by Gasteiger charge is 2.26. The van der Waals surface area contributed by atoms with E-state index in [4.69, 9.17) is 9.97 Å². The van der Waals surface area contributed by atoms with Crippen molar-refractivity contribution in [2.24, 2.45) is 5.92 Å². The van der Waals surface area contributed by atoms with Gasteiger partial charge in [-0.2, -0.15) is 0 Å². The SMILES string of the molecule is CC1CCc2c(sc3ncnc(N4CCN(Cc5cn6ccccc6n5)CC4)c23)C1. The molecule has 4 aromatic rings. The molecule has 0 amide bonds. The van der Waals surface area contributed by atoms with Crippen molar-refractivity contribution in [2.75, 3.05) is 31.1 Å². The van der Waals surface area contributed by atoms with Gasteiger partial charge in [0.15, 0.2) is 0 Å². The number of fused-ring (bicyclic) bond motifs is 4. The molecule has 0 N–H and O–H groups in total. The molecule has 1 saturated heterocycles. The fourth-order valence-electron chi connectivity index (χ4n) is 4.91. The summed E-state index contributed by atoms with van der Waals surface area (Å²) in [5, 5.41) is 1.33. The van der Waals surface area contributed by atoms with Gasteiger partial charge in [-0.05, 0) is 42.9 Å². The summed E-state index contributed by atoms with van der Waals surface area (Å²) >= 11 is 1.89. The Labute approximate surface area is 180 Å². The molecule has 5 heterocycles. The fourth-order valence-corrected chi connectivity index (χ4v) is 6.25. The van der Waals surface area contributed by atoms with Crippen LogP contribution in [-0.2, 0) is 19.4 Å². The molecule has 4 aromatic heterocycles. The molecule has 0 bridgehead atoms. The van der Waals surface area contributed by atoms with E-state index in [0.29, 0.717) is 0 Å². The molecule has 0 aromatic carbocycles. The van der Waals surface area contributed by atoms with Crippen molar-refractivity contribution in [1.82, 2.24) is 24.3 Å². The number of nitrogens with zero attached hydrogens (tertiary/aromatic N) is 6. The lowest BCUT2D eigenvalue weighted by atomic mass is 9.89. The summed E-state index contributed by atoms with van der Waals surface area (Å²) in [6.07, 6.45) is 9.61. The van der Waals surface area contributed by atoms with Gasteiger partial charge < -0.3 is 9.30 Å². The highest BCUT2D eigenvalue weighted by atomic mass is 32.1. The predicted octanol–water partition coefficient (Wildman–Crippen LogP) is 3.79. The number of piperazine rings is 1. The maximum atomic E-state index is 4.76. The van der Waals surface area contributed by atoms with Crippen molar-refractivity contribution in [1.29, 1.82) is 0 Å². The zero-order valence-electron chi connectivity index (χ0n) is 17.3. The third kappa shape index (κ3) is 3.17. The molecule has 30 heavy (non-hydrogen) atoms. The molecular formula is C23H26N6S. The molecule has 1 aliphatic heterocycles. The number of hydrogen-bond donors (Lipinski definition) is 0. The lowest BCUT2D eigenvalue weighted by Gasteiger charge is -2.35. The van der Waals surface area contributed by atoms with E-state index >= 15 is 0 Å². The maximum Gasteiger partial charge on any atom is 0.141 e. The third-order valence-electron chi connectivity index (χ3n) is 6.54. The Hall–Kier alpha value is -2.51. The van der Waals surface area contributed by atoms with Crippen LogP contribution in [0.5, 0.6) is 0 Å². The van der Waals surface area contributed by atoms with Gasteiger partial charge in [0.25, 0.3) is 0 Å². The van der Waals surface area contributed by atoms with Crippen LogP contribution in [0.3, 0.4) is 0 Å². The van der Waals surface area contributed by atoms with Crippen LogP contribution in [0, 0.1) is 5.92 Å². The zero-order valence-corrected chi connectivity index (χ0v) is 18.1. The van der Waals surface area contributed by atoms with Crippen molar-refractivity contribution in [2.45, 2.75) is 32.7 Å². The molecule has 1 fully saturated rings. The highest BCUT2D eigenvalue weighted by molar-refractivity contribution is 7.19. The van der Waals surface area contributed by atoms with Crippen LogP contribution in [-0.4, -0.2) is 50.4 Å². The van der Waals surface area contributed by atoms with Crippen molar-refractivity contribution >= 4 is 33.0 Å². The molecule has 2 aliphatic rings. The number of imidazole rings is 1. The Bertz CT molecular complexity index is 1170. The average Bonchev–Trinajstić information content (AvgIpc) is 3.34. The van der Waals surface area contributed by atoms with Crippen molar-refractivity contribution < 1.29 is 0 Å². The topological polar surface area (TPSA) is 49.6 Å². The fraction of sp³-hybridized carbons (Fsp3) is 0.435. The van der Waals surface area contributed by atoms with Gasteiger partial charge in [0, 0.05) is 50.0 Å². The molecule has 0 radical (unpaired) electrons. The number of hydrogen-bond acceptors (Lipinski definition) is 6. The molecular weight excluding hydrogens is 392 g/mol. The molecule has 6 nitrogen and oxygen atoms in total. The minimum atomic E-state index is 0.783. The van der Waals surface area contributed by atoms with Crippen molar-refractivity contribution in [3.8, 4) is 0 Å². The summed E-state index contributed by atoms with van der Waals surface area (Å²) in [5.41, 5.74) is 3.68. The summed E-state index contributed by atoms with van der Waals surface area (Å²) < 4.78 is 2.10. The Morgan fingerprint density at radius 2 is 2.03 bits per heavy atom. The Morgan fingerprint density at radius 1 is 1.13 bits per heavy atom. The first-order valence-corrected chi connectivity index (χ1v) is 11.7. The van der Waals surface area contributed by atoms with Crippen LogP contribution < -0.4 is 4.90 Å². The number of aryl methyl sites for hydroxylation is 1. The van der Waals surface area contributed by atoms with Gasteiger partial charge in [-0.15, -0.1) is 11.3 Å². The predicted molar refractivity (Wildman–Crippen MR) is 121 cm³/mol. The second-order valence-corrected chi connectivity index (χ2v) is 9.77. The van der Waals surface area contributed by atoms with Crippen LogP contribution in [0.4, 0.5) is 5.82 Å². The molecule has 0 saturated carbocycles. The number of rotatable bonds is 3. The number of aromatic nitrogens is 4. The summed E-state index contributed by atoms with van der Waals surface area (Å²) in [6.45, 7) is 7.33. The number of pyridine rings is 1. The van der Waals surface area contributed by atoms with Gasteiger partial charge >= 0.3 is 0 Å². The molecule has 6 rings (SSSR count). The van der Waals surface area contributed by atoms with E-state index in [2.05, 4.69) is 44.6 Å². The van der Waals surface area contributed by atoms with Gasteiger partial charge in [-0.25, -0.2) is 15.0 Å². The standard InChI is InChI=1S/C23H26N6S/c1-16-5-6-18-19(12-16)30-23-21(18)22(24-15-25-23)28-10-8-27(9-11-28)13-17-14-29-7-3-2-4-20(29)26-17/h2-4,7,14-16H,5-6,8-13H2,1H3. The molecule has 0 spiro atoms. The summed E-state index contributed by atoms with van der Waals surface area (Å²) in [6, 6.07) is 6.14. The second kappa shape index (κ2) is 7.32. The monoisotopic (exact) mass is 418 g/mol. The third-order valence-corrected chi connectivity index (χ3v) is 7.71. The van der Waals surface area contributed by atoms with Crippen molar-refractivity contribution in [3.05, 3.63) is 53.1 Å². The summed E-state index contributed by atoms with van der Waals surface area (Å²) in [4.78, 5) is 21.8. The average molecular weight is 419 g/mol. The van der Waals surface area contributed by atoms with Gasteiger partial charge in [0.1, 0.15) is 22.6 Å². The second-order valence-electron chi connectivity index (χ2n) is 8.69. The molecule has 7 heteroatoms. The lowest BCUT2D eigenvalue weighted by Crippen LogP contribution is -2.46. The first-order valence-electron chi connectivity index (χ1n) is 10.9. The van der Waals surface area contributed by atoms with Gasteiger partial charge in [-0.3, -0.25) is 4.90 Å². The Balaban J connectivity index is 1.20. The Morgan fingerprint density at radius 3 is 2.90 bits per heavy atom. The Kier molecular flexibility index (Phi) is 4.46. The van der Waals surface area contributed by atoms with E-state index in [9.17, 15) is 0 Å². The summed E-state index contributed by atoms with van der Waals surface area (Å²) in [7, 11) is 0. The first-order chi connectivity index (χ1) is 14.7. The minimum absolute atomic E-state index is 0.783. The largest absolute Gasteiger partial charge is 0.353 e. The number of thiophene rings is 1. The molecule has 1 atom stereocenters. The van der Waals surface area contributed by atoms with Crippen LogP contribution in [0.1, 0.15) is 29.5 Å². The quantitative estimate of drug-likeness (QED) is 0.507. The van der Waals surface area contributed by atoms with E-state index in [-0.39, 0.29) is 0 Å². The molecule has 1 aliphatic carbocycles. The smallest absolute Gasteiger partial charge is 0.141 e. The van der Waals surface area contributed by atoms with Gasteiger partial charge in [0.05, 0.1) is 11.1 Å². The maximum absolute atomic E-state index is 4.76. The molecule has 1 unspecified atom stereocenters. The normalized spacial score (nSPS) is 20.2. The zero-order chi connectivity index (χ0) is 20.1. The van der Waals surface area contributed by atoms with Crippen LogP contribution >= 0.6 is 11.3 Å². The lowest BCUT2D eigenvalue weighted by molar-refractivity contribution is 0.247. The summed E-state index contributed by atoms with van der Waals surface area (Å²) in [5.74, 6) is 1.93. The van der Waals surface area contributed by atoms with Crippen LogP contribution in [0.15, 0.2) is 36.9 Å². The van der Waals surface area contributed by atoms with Crippen LogP contribution in [0.25, 0.3) is 15.9 Å². The van der Waals surface area contributed by atoms with E-state index in [1.807, 2.05) is 23.5 Å². The van der Waals surface area contributed by atoms with Crippen molar-refractivity contribution in [3.63, 3.8) is 0 Å². The van der Waals surface area contributed by atoms with E-state index < -0.39 is 0 Å². The molecule has 154 valence electrons. The van der Waals surface area contributed by atoms with Gasteiger partial charge in [-0.1, -0.05) is 13.0 Å². The minimum Gasteiger partial charge on any atom is -0.353 e. The van der Waals surface area contributed by atoms with E-state index in [1.54, 1.807) is 6.33 Å². The first kappa shape index (κ1) is 18.3. The van der Waals surface area contributed by atoms with E-state index in [0.717, 1.165) is 55.8 Å².